The number of halogens is 1. The van der Waals surface area contributed by atoms with Gasteiger partial charge in [-0.2, -0.15) is 4.98 Å². The van der Waals surface area contributed by atoms with Gasteiger partial charge in [-0.25, -0.2) is 0 Å². The predicted molar refractivity (Wildman–Crippen MR) is 116 cm³/mol. The van der Waals surface area contributed by atoms with Crippen molar-refractivity contribution in [2.24, 2.45) is 0 Å². The van der Waals surface area contributed by atoms with Gasteiger partial charge in [0.2, 0.25) is 11.8 Å². The molecule has 1 amide bonds. The summed E-state index contributed by atoms with van der Waals surface area (Å²) >= 11 is 6.27. The van der Waals surface area contributed by atoms with Crippen molar-refractivity contribution < 1.29 is 14.1 Å². The molecule has 1 aliphatic heterocycles. The molecule has 0 bridgehead atoms. The first kappa shape index (κ1) is 20.1. The Morgan fingerprint density at radius 3 is 2.97 bits per heavy atom. The van der Waals surface area contributed by atoms with Crippen molar-refractivity contribution in [3.63, 3.8) is 0 Å². The molecule has 1 aliphatic carbocycles. The molecule has 0 saturated carbocycles. The van der Waals surface area contributed by atoms with E-state index in [0.717, 1.165) is 30.6 Å². The number of carbonyl (C=O) groups excluding carboxylic acids is 1. The third-order valence-electron chi connectivity index (χ3n) is 6.32. The van der Waals surface area contributed by atoms with E-state index in [1.165, 1.54) is 11.1 Å². The van der Waals surface area contributed by atoms with Crippen LogP contribution in [0.4, 0.5) is 0 Å². The maximum atomic E-state index is 12.6. The van der Waals surface area contributed by atoms with Crippen molar-refractivity contribution in [1.29, 1.82) is 0 Å². The second kappa shape index (κ2) is 8.35. The third-order valence-corrected chi connectivity index (χ3v) is 6.69. The lowest BCUT2D eigenvalue weighted by molar-refractivity contribution is -0.128. The highest BCUT2D eigenvalue weighted by Crippen LogP contribution is 2.38. The first-order valence-corrected chi connectivity index (χ1v) is 11.0. The zero-order valence-corrected chi connectivity index (χ0v) is 18.1. The van der Waals surface area contributed by atoms with Gasteiger partial charge in [0.1, 0.15) is 5.75 Å². The van der Waals surface area contributed by atoms with E-state index < -0.39 is 0 Å². The fraction of sp³-hybridized carbons (Fsp3) is 0.375. The summed E-state index contributed by atoms with van der Waals surface area (Å²) < 4.78 is 11.0. The van der Waals surface area contributed by atoms with Crippen molar-refractivity contribution in [3.8, 4) is 5.75 Å². The number of ether oxygens (including phenoxy) is 1. The predicted octanol–water partition coefficient (Wildman–Crippen LogP) is 4.72. The van der Waals surface area contributed by atoms with Gasteiger partial charge in [-0.15, -0.1) is 0 Å². The molecule has 2 aromatic carbocycles. The monoisotopic (exact) mass is 437 g/mol. The minimum absolute atomic E-state index is 0.0831. The number of aromatic nitrogens is 2. The average molecular weight is 438 g/mol. The molecule has 0 N–H and O–H groups in total. The van der Waals surface area contributed by atoms with Crippen LogP contribution in [0.1, 0.15) is 59.5 Å². The third kappa shape index (κ3) is 3.92. The van der Waals surface area contributed by atoms with Crippen LogP contribution in [0.15, 0.2) is 47.0 Å². The Hall–Kier alpha value is -2.86. The molecule has 2 atom stereocenters. The molecule has 160 valence electrons. The fourth-order valence-corrected chi connectivity index (χ4v) is 4.86. The number of fused-ring (bicyclic) bond motifs is 1. The van der Waals surface area contributed by atoms with Crippen molar-refractivity contribution >= 4 is 17.5 Å². The average Bonchev–Trinajstić information content (AvgIpc) is 3.41. The SMILES string of the molecule is COc1ccc2c(c1)CCCC2c1noc(C2CC(=O)N(Cc3ccccc3Cl)C2)n1. The number of benzene rings is 2. The van der Waals surface area contributed by atoms with Crippen LogP contribution in [-0.2, 0) is 17.8 Å². The molecular weight excluding hydrogens is 414 g/mol. The molecule has 31 heavy (non-hydrogen) atoms. The Balaban J connectivity index is 1.33. The molecule has 5 rings (SSSR count). The van der Waals surface area contributed by atoms with Crippen molar-refractivity contribution in [1.82, 2.24) is 15.0 Å². The summed E-state index contributed by atoms with van der Waals surface area (Å²) in [5.74, 6) is 2.23. The van der Waals surface area contributed by atoms with Gasteiger partial charge in [-0.3, -0.25) is 4.79 Å². The van der Waals surface area contributed by atoms with Crippen LogP contribution in [0.2, 0.25) is 5.02 Å². The van der Waals surface area contributed by atoms with E-state index in [-0.39, 0.29) is 17.7 Å². The van der Waals surface area contributed by atoms with Crippen LogP contribution >= 0.6 is 11.6 Å². The Labute approximate surface area is 186 Å². The van der Waals surface area contributed by atoms with Gasteiger partial charge in [0.05, 0.1) is 13.0 Å². The lowest BCUT2D eigenvalue weighted by atomic mass is 9.82. The highest BCUT2D eigenvalue weighted by atomic mass is 35.5. The van der Waals surface area contributed by atoms with Gasteiger partial charge in [0.15, 0.2) is 5.82 Å². The number of hydrogen-bond donors (Lipinski definition) is 0. The number of nitrogens with zero attached hydrogens (tertiary/aromatic N) is 3. The van der Waals surface area contributed by atoms with Gasteiger partial charge >= 0.3 is 0 Å². The summed E-state index contributed by atoms with van der Waals surface area (Å²) in [6, 6.07) is 13.8. The second-order valence-electron chi connectivity index (χ2n) is 8.27. The maximum Gasteiger partial charge on any atom is 0.232 e. The number of carbonyl (C=O) groups is 1. The van der Waals surface area contributed by atoms with E-state index in [4.69, 9.17) is 25.8 Å². The van der Waals surface area contributed by atoms with Gasteiger partial charge < -0.3 is 14.2 Å². The van der Waals surface area contributed by atoms with E-state index in [9.17, 15) is 4.79 Å². The van der Waals surface area contributed by atoms with E-state index in [1.807, 2.05) is 35.2 Å². The van der Waals surface area contributed by atoms with Gasteiger partial charge in [-0.1, -0.05) is 41.0 Å². The maximum absolute atomic E-state index is 12.6. The number of rotatable bonds is 5. The summed E-state index contributed by atoms with van der Waals surface area (Å²) in [6.45, 7) is 1.05. The van der Waals surface area contributed by atoms with Crippen LogP contribution in [0, 0.1) is 0 Å². The highest BCUT2D eigenvalue weighted by molar-refractivity contribution is 6.31. The van der Waals surface area contributed by atoms with Gasteiger partial charge in [0.25, 0.3) is 0 Å². The molecule has 0 radical (unpaired) electrons. The summed E-state index contributed by atoms with van der Waals surface area (Å²) in [6.07, 6.45) is 3.47. The molecule has 0 spiro atoms. The molecule has 2 unspecified atom stereocenters. The second-order valence-corrected chi connectivity index (χ2v) is 8.67. The first-order chi connectivity index (χ1) is 15.1. The quantitative estimate of drug-likeness (QED) is 0.577. The zero-order chi connectivity index (χ0) is 21.4. The largest absolute Gasteiger partial charge is 0.497 e. The van der Waals surface area contributed by atoms with Gasteiger partial charge in [-0.05, 0) is 54.2 Å². The van der Waals surface area contributed by atoms with Crippen LogP contribution in [0.3, 0.4) is 0 Å². The summed E-state index contributed by atoms with van der Waals surface area (Å²) in [4.78, 5) is 19.1. The minimum Gasteiger partial charge on any atom is -0.497 e. The molecule has 1 saturated heterocycles. The molecule has 7 heteroatoms. The first-order valence-electron chi connectivity index (χ1n) is 10.6. The van der Waals surface area contributed by atoms with Crippen molar-refractivity contribution in [3.05, 3.63) is 75.9 Å². The molecule has 3 aromatic rings. The van der Waals surface area contributed by atoms with E-state index in [1.54, 1.807) is 7.11 Å². The van der Waals surface area contributed by atoms with Crippen LogP contribution in [0.5, 0.6) is 5.75 Å². The lowest BCUT2D eigenvalue weighted by Crippen LogP contribution is -2.24. The van der Waals surface area contributed by atoms with Crippen molar-refractivity contribution in [2.75, 3.05) is 13.7 Å². The number of amides is 1. The van der Waals surface area contributed by atoms with Crippen LogP contribution in [0.25, 0.3) is 0 Å². The Bertz CT molecular complexity index is 1110. The lowest BCUT2D eigenvalue weighted by Gasteiger charge is -2.23. The Kier molecular flexibility index (Phi) is 5.40. The standard InChI is InChI=1S/C24H24ClN3O3/c1-30-18-9-10-19-15(11-18)6-4-7-20(19)23-26-24(31-27-23)17-12-22(29)28(14-17)13-16-5-2-3-8-21(16)25/h2-3,5,8-11,17,20H,4,6-7,12-14H2,1H3. The number of aryl methyl sites for hydroxylation is 1. The molecule has 2 aliphatic rings. The van der Waals surface area contributed by atoms with Crippen molar-refractivity contribution in [2.45, 2.75) is 44.1 Å². The summed E-state index contributed by atoms with van der Waals surface area (Å²) in [5, 5.41) is 4.98. The highest BCUT2D eigenvalue weighted by Gasteiger charge is 2.35. The number of methoxy groups -OCH3 is 1. The molecule has 2 heterocycles. The van der Waals surface area contributed by atoms with Gasteiger partial charge in [0, 0.05) is 30.5 Å². The summed E-state index contributed by atoms with van der Waals surface area (Å²) in [7, 11) is 1.69. The Morgan fingerprint density at radius 2 is 2.13 bits per heavy atom. The normalized spacial score (nSPS) is 20.7. The van der Waals surface area contributed by atoms with Crippen LogP contribution in [-0.4, -0.2) is 34.6 Å². The molecule has 1 aromatic heterocycles. The fourth-order valence-electron chi connectivity index (χ4n) is 4.66. The molecule has 1 fully saturated rings. The Morgan fingerprint density at radius 1 is 1.26 bits per heavy atom. The summed E-state index contributed by atoms with van der Waals surface area (Å²) in [5.41, 5.74) is 3.46. The molecule has 6 nitrogen and oxygen atoms in total. The molecular formula is C24H24ClN3O3. The topological polar surface area (TPSA) is 68.5 Å². The van der Waals surface area contributed by atoms with Crippen LogP contribution < -0.4 is 4.74 Å². The van der Waals surface area contributed by atoms with E-state index in [0.29, 0.717) is 36.2 Å². The number of hydrogen-bond acceptors (Lipinski definition) is 5. The minimum atomic E-state index is -0.0878. The number of likely N-dealkylation sites (tertiary alicyclic amines) is 1. The van der Waals surface area contributed by atoms with E-state index in [2.05, 4.69) is 17.3 Å². The smallest absolute Gasteiger partial charge is 0.232 e. The zero-order valence-electron chi connectivity index (χ0n) is 17.4. The van der Waals surface area contributed by atoms with E-state index >= 15 is 0 Å².